The second-order valence-electron chi connectivity index (χ2n) is 7.41. The van der Waals surface area contributed by atoms with Gasteiger partial charge in [-0.2, -0.15) is 0 Å². The summed E-state index contributed by atoms with van der Waals surface area (Å²) in [6.45, 7) is 8.83. The van der Waals surface area contributed by atoms with E-state index in [1.54, 1.807) is 11.8 Å². The third kappa shape index (κ3) is 3.96. The Hall–Kier alpha value is -2.07. The van der Waals surface area contributed by atoms with Gasteiger partial charge < -0.3 is 4.57 Å². The summed E-state index contributed by atoms with van der Waals surface area (Å²) in [5.41, 5.74) is 5.24. The number of hydrogen-bond donors (Lipinski definition) is 0. The van der Waals surface area contributed by atoms with E-state index in [9.17, 15) is 0 Å². The molecule has 0 N–H and O–H groups in total. The molecule has 0 bridgehead atoms. The summed E-state index contributed by atoms with van der Waals surface area (Å²) in [6.07, 6.45) is 0. The van der Waals surface area contributed by atoms with Crippen LogP contribution in [0.2, 0.25) is 0 Å². The van der Waals surface area contributed by atoms with Crippen molar-refractivity contribution in [2.45, 2.75) is 44.0 Å². The summed E-state index contributed by atoms with van der Waals surface area (Å²) >= 11 is 1.73. The maximum absolute atomic E-state index is 4.40. The molecule has 25 heavy (non-hydrogen) atoms. The lowest BCUT2D eigenvalue weighted by atomic mass is 9.87. The van der Waals surface area contributed by atoms with Gasteiger partial charge in [0.1, 0.15) is 0 Å². The molecular formula is C21H25N3S. The number of nitrogens with zero attached hydrogens (tertiary/aromatic N) is 3. The van der Waals surface area contributed by atoms with E-state index in [2.05, 4.69) is 91.0 Å². The van der Waals surface area contributed by atoms with Crippen molar-refractivity contribution in [3.8, 4) is 11.4 Å². The zero-order chi connectivity index (χ0) is 18.0. The maximum Gasteiger partial charge on any atom is 0.191 e. The van der Waals surface area contributed by atoms with Crippen LogP contribution < -0.4 is 0 Å². The molecule has 0 spiro atoms. The van der Waals surface area contributed by atoms with Gasteiger partial charge in [-0.05, 0) is 29.0 Å². The van der Waals surface area contributed by atoms with Crippen LogP contribution in [0, 0.1) is 6.92 Å². The van der Waals surface area contributed by atoms with E-state index in [-0.39, 0.29) is 5.41 Å². The zero-order valence-electron chi connectivity index (χ0n) is 15.6. The van der Waals surface area contributed by atoms with Crippen molar-refractivity contribution < 1.29 is 0 Å². The lowest BCUT2D eigenvalue weighted by molar-refractivity contribution is 0.590. The van der Waals surface area contributed by atoms with Gasteiger partial charge in [-0.1, -0.05) is 81.1 Å². The molecule has 0 aliphatic heterocycles. The van der Waals surface area contributed by atoms with Crippen LogP contribution in [-0.4, -0.2) is 14.8 Å². The van der Waals surface area contributed by atoms with Crippen LogP contribution in [0.1, 0.15) is 37.5 Å². The summed E-state index contributed by atoms with van der Waals surface area (Å²) in [6, 6.07) is 17.1. The fourth-order valence-corrected chi connectivity index (χ4v) is 3.71. The van der Waals surface area contributed by atoms with Crippen LogP contribution in [0.5, 0.6) is 0 Å². The monoisotopic (exact) mass is 351 g/mol. The summed E-state index contributed by atoms with van der Waals surface area (Å²) in [4.78, 5) is 0. The van der Waals surface area contributed by atoms with E-state index < -0.39 is 0 Å². The minimum absolute atomic E-state index is 0.160. The Morgan fingerprint density at radius 3 is 2.28 bits per heavy atom. The van der Waals surface area contributed by atoms with Crippen molar-refractivity contribution in [1.82, 2.24) is 14.8 Å². The minimum atomic E-state index is 0.160. The highest BCUT2D eigenvalue weighted by Gasteiger charge is 2.15. The fraction of sp³-hybridized carbons (Fsp3) is 0.333. The number of hydrogen-bond acceptors (Lipinski definition) is 3. The molecule has 2 aromatic carbocycles. The lowest BCUT2D eigenvalue weighted by Crippen LogP contribution is -2.10. The first-order chi connectivity index (χ1) is 11.9. The van der Waals surface area contributed by atoms with Crippen LogP contribution >= 0.6 is 11.8 Å². The fourth-order valence-electron chi connectivity index (χ4n) is 2.73. The topological polar surface area (TPSA) is 30.7 Å². The van der Waals surface area contributed by atoms with Crippen LogP contribution in [0.15, 0.2) is 53.7 Å². The molecule has 0 aliphatic carbocycles. The Balaban J connectivity index is 1.78. The Morgan fingerprint density at radius 1 is 0.960 bits per heavy atom. The van der Waals surface area contributed by atoms with Crippen LogP contribution in [-0.2, 0) is 18.2 Å². The number of rotatable bonds is 4. The highest BCUT2D eigenvalue weighted by Crippen LogP contribution is 2.28. The van der Waals surface area contributed by atoms with Gasteiger partial charge in [-0.3, -0.25) is 0 Å². The van der Waals surface area contributed by atoms with Crippen molar-refractivity contribution in [2.75, 3.05) is 0 Å². The van der Waals surface area contributed by atoms with Gasteiger partial charge in [-0.25, -0.2) is 0 Å². The molecule has 1 heterocycles. The summed E-state index contributed by atoms with van der Waals surface area (Å²) in [7, 11) is 2.03. The van der Waals surface area contributed by atoms with E-state index in [0.717, 1.165) is 22.3 Å². The summed E-state index contributed by atoms with van der Waals surface area (Å²) in [5, 5.41) is 9.73. The van der Waals surface area contributed by atoms with Crippen molar-refractivity contribution >= 4 is 11.8 Å². The van der Waals surface area contributed by atoms with Gasteiger partial charge in [0.25, 0.3) is 0 Å². The van der Waals surface area contributed by atoms with Crippen LogP contribution in [0.3, 0.4) is 0 Å². The molecular weight excluding hydrogens is 326 g/mol. The van der Waals surface area contributed by atoms with E-state index in [0.29, 0.717) is 0 Å². The Kier molecular flexibility index (Phi) is 5.00. The van der Waals surface area contributed by atoms with Gasteiger partial charge in [0.15, 0.2) is 11.0 Å². The highest BCUT2D eigenvalue weighted by atomic mass is 32.2. The highest BCUT2D eigenvalue weighted by molar-refractivity contribution is 7.98. The summed E-state index contributed by atoms with van der Waals surface area (Å²) < 4.78 is 2.08. The molecule has 0 radical (unpaired) electrons. The quantitative estimate of drug-likeness (QED) is 0.591. The number of thioether (sulfide) groups is 1. The smallest absolute Gasteiger partial charge is 0.191 e. The molecule has 0 saturated carbocycles. The Morgan fingerprint density at radius 2 is 1.64 bits per heavy atom. The third-order valence-electron chi connectivity index (χ3n) is 4.46. The van der Waals surface area contributed by atoms with Gasteiger partial charge in [0, 0.05) is 18.4 Å². The molecule has 0 aliphatic rings. The molecule has 0 amide bonds. The first-order valence-corrected chi connectivity index (χ1v) is 9.52. The maximum atomic E-state index is 4.40. The van der Waals surface area contributed by atoms with Gasteiger partial charge >= 0.3 is 0 Å². The number of benzene rings is 2. The van der Waals surface area contributed by atoms with Gasteiger partial charge in [0.2, 0.25) is 0 Å². The second-order valence-corrected chi connectivity index (χ2v) is 8.35. The summed E-state index contributed by atoms with van der Waals surface area (Å²) in [5.74, 6) is 1.81. The normalized spacial score (nSPS) is 11.7. The molecule has 1 aromatic heterocycles. The van der Waals surface area contributed by atoms with Crippen molar-refractivity contribution in [3.05, 3.63) is 65.2 Å². The van der Waals surface area contributed by atoms with E-state index >= 15 is 0 Å². The Bertz CT molecular complexity index is 858. The Labute approximate surface area is 154 Å². The number of aromatic nitrogens is 3. The molecule has 0 fully saturated rings. The van der Waals surface area contributed by atoms with E-state index in [4.69, 9.17) is 0 Å². The number of aryl methyl sites for hydroxylation is 1. The molecule has 4 heteroatoms. The average molecular weight is 352 g/mol. The second kappa shape index (κ2) is 7.04. The third-order valence-corrected chi connectivity index (χ3v) is 5.53. The van der Waals surface area contributed by atoms with E-state index in [1.807, 2.05) is 7.05 Å². The largest absolute Gasteiger partial charge is 0.305 e. The SMILES string of the molecule is Cc1ccccc1CSc1nnc(-c2ccc(C(C)(C)C)cc2)n1C. The lowest BCUT2D eigenvalue weighted by Gasteiger charge is -2.19. The van der Waals surface area contributed by atoms with Gasteiger partial charge in [-0.15, -0.1) is 10.2 Å². The van der Waals surface area contributed by atoms with Crippen molar-refractivity contribution in [3.63, 3.8) is 0 Å². The van der Waals surface area contributed by atoms with Crippen LogP contribution in [0.25, 0.3) is 11.4 Å². The molecule has 130 valence electrons. The zero-order valence-corrected chi connectivity index (χ0v) is 16.4. The first-order valence-electron chi connectivity index (χ1n) is 8.54. The minimum Gasteiger partial charge on any atom is -0.305 e. The van der Waals surface area contributed by atoms with Crippen LogP contribution in [0.4, 0.5) is 0 Å². The molecule has 0 saturated heterocycles. The standard InChI is InChI=1S/C21H25N3S/c1-15-8-6-7-9-17(15)14-25-20-23-22-19(24(20)5)16-10-12-18(13-11-16)21(2,3)4/h6-13H,14H2,1-5H3. The van der Waals surface area contributed by atoms with Gasteiger partial charge in [0.05, 0.1) is 0 Å². The molecule has 0 atom stereocenters. The molecule has 3 rings (SSSR count). The molecule has 0 unspecified atom stereocenters. The van der Waals surface area contributed by atoms with Crippen molar-refractivity contribution in [2.24, 2.45) is 7.05 Å². The molecule has 3 aromatic rings. The van der Waals surface area contributed by atoms with E-state index in [1.165, 1.54) is 16.7 Å². The molecule has 3 nitrogen and oxygen atoms in total. The predicted molar refractivity (Wildman–Crippen MR) is 106 cm³/mol. The first kappa shape index (κ1) is 17.7. The predicted octanol–water partition coefficient (Wildman–Crippen LogP) is 5.38. The van der Waals surface area contributed by atoms with Crippen molar-refractivity contribution in [1.29, 1.82) is 0 Å². The average Bonchev–Trinajstić information content (AvgIpc) is 2.94.